The quantitative estimate of drug-likeness (QED) is 0.454. The molecular weight excluding hydrogens is 513 g/mol. The number of likely N-dealkylation sites (tertiary alicyclic amines) is 1. The number of hydrogen-bond acceptors (Lipinski definition) is 4. The van der Waals surface area contributed by atoms with Crippen LogP contribution in [-0.2, 0) is 20.8 Å². The Hall–Kier alpha value is -3.08. The van der Waals surface area contributed by atoms with Crippen molar-refractivity contribution >= 4 is 28.7 Å². The number of aromatic amines is 1. The summed E-state index contributed by atoms with van der Waals surface area (Å²) in [4.78, 5) is 40.5. The molecule has 0 radical (unpaired) electrons. The summed E-state index contributed by atoms with van der Waals surface area (Å²) in [6.45, 7) is 0.625. The normalized spacial score (nSPS) is 30.1. The van der Waals surface area contributed by atoms with Gasteiger partial charge in [0, 0.05) is 29.7 Å². The summed E-state index contributed by atoms with van der Waals surface area (Å²) < 4.78 is 31.7. The number of carbonyl (C=O) groups excluding carboxylic acids is 2. The van der Waals surface area contributed by atoms with Crippen LogP contribution in [0.3, 0.4) is 0 Å². The molecule has 1 aromatic carbocycles. The van der Waals surface area contributed by atoms with Crippen LogP contribution in [0.15, 0.2) is 30.5 Å². The Morgan fingerprint density at radius 3 is 2.31 bits per heavy atom. The Morgan fingerprint density at radius 1 is 1.08 bits per heavy atom. The van der Waals surface area contributed by atoms with Crippen molar-refractivity contribution < 1.29 is 32.7 Å². The molecule has 5 N–H and O–H groups in total. The van der Waals surface area contributed by atoms with E-state index in [2.05, 4.69) is 16.4 Å². The molecule has 2 atom stereocenters. The first kappa shape index (κ1) is 27.5. The van der Waals surface area contributed by atoms with E-state index in [-0.39, 0.29) is 17.9 Å². The maximum absolute atomic E-state index is 13.3. The first-order valence-electron chi connectivity index (χ1n) is 13.7. The highest BCUT2D eigenvalue weighted by atomic mass is 19.4. The fraction of sp³-hybridized carbons (Fsp3) is 0.607. The molecule has 2 heterocycles. The van der Waals surface area contributed by atoms with E-state index in [1.165, 1.54) is 32.1 Å². The highest BCUT2D eigenvalue weighted by molar-refractivity contribution is 5.91. The minimum atomic E-state index is -5.08. The van der Waals surface area contributed by atoms with Crippen LogP contribution in [0.1, 0.15) is 50.5 Å². The van der Waals surface area contributed by atoms with Crippen molar-refractivity contribution in [2.45, 2.75) is 75.7 Å². The van der Waals surface area contributed by atoms with Crippen LogP contribution >= 0.6 is 0 Å². The smallest absolute Gasteiger partial charge is 0.475 e. The Kier molecular flexibility index (Phi) is 7.63. The number of halogens is 3. The van der Waals surface area contributed by atoms with Gasteiger partial charge < -0.3 is 26.0 Å². The Morgan fingerprint density at radius 2 is 1.69 bits per heavy atom. The lowest BCUT2D eigenvalue weighted by atomic mass is 9.54. The Balaban J connectivity index is 0.000000392. The summed E-state index contributed by atoms with van der Waals surface area (Å²) in [5, 5.41) is 11.6. The number of aromatic nitrogens is 1. The first-order chi connectivity index (χ1) is 18.5. The molecule has 212 valence electrons. The van der Waals surface area contributed by atoms with Crippen LogP contribution in [0, 0.1) is 23.7 Å². The second-order valence-electron chi connectivity index (χ2n) is 11.6. The highest BCUT2D eigenvalue weighted by Gasteiger charge is 2.49. The lowest BCUT2D eigenvalue weighted by molar-refractivity contribution is -0.192. The predicted molar refractivity (Wildman–Crippen MR) is 137 cm³/mol. The number of rotatable bonds is 5. The van der Waals surface area contributed by atoms with E-state index in [0.29, 0.717) is 30.8 Å². The van der Waals surface area contributed by atoms with Gasteiger partial charge in [-0.2, -0.15) is 13.2 Å². The van der Waals surface area contributed by atoms with Gasteiger partial charge in [0.25, 0.3) is 0 Å². The molecule has 2 amide bonds. The number of alkyl halides is 3. The van der Waals surface area contributed by atoms with Gasteiger partial charge in [0.2, 0.25) is 11.8 Å². The average molecular weight is 549 g/mol. The number of nitrogens with two attached hydrogens (primary N) is 1. The second-order valence-corrected chi connectivity index (χ2v) is 11.6. The molecule has 4 aliphatic carbocycles. The maximum atomic E-state index is 13.3. The number of nitrogens with one attached hydrogen (secondary N) is 2. The summed E-state index contributed by atoms with van der Waals surface area (Å²) in [7, 11) is 0. The fourth-order valence-corrected chi connectivity index (χ4v) is 7.56. The van der Waals surface area contributed by atoms with Crippen molar-refractivity contribution in [3.8, 4) is 0 Å². The summed E-state index contributed by atoms with van der Waals surface area (Å²) in [6, 6.07) is 7.38. The summed E-state index contributed by atoms with van der Waals surface area (Å²) in [6.07, 6.45) is 5.47. The molecule has 1 aliphatic heterocycles. The molecule has 7 rings (SSSR count). The van der Waals surface area contributed by atoms with Crippen molar-refractivity contribution in [2.24, 2.45) is 29.4 Å². The molecule has 39 heavy (non-hydrogen) atoms. The lowest BCUT2D eigenvalue weighted by Crippen LogP contribution is -2.59. The van der Waals surface area contributed by atoms with Gasteiger partial charge in [-0.05, 0) is 86.7 Å². The van der Waals surface area contributed by atoms with Crippen molar-refractivity contribution in [1.29, 1.82) is 0 Å². The van der Waals surface area contributed by atoms with Gasteiger partial charge in [0.1, 0.15) is 6.04 Å². The number of nitrogens with zero attached hydrogens (tertiary/aromatic N) is 1. The maximum Gasteiger partial charge on any atom is 0.490 e. The SMILES string of the molecule is NC(Cc1c[nH]c2ccccc12)C(=O)N1CCC[C@@H]1C(=O)NC1C2CC3CC(C2)CC1C3.O=C(O)C(F)(F)F. The van der Waals surface area contributed by atoms with E-state index in [4.69, 9.17) is 15.6 Å². The van der Waals surface area contributed by atoms with E-state index >= 15 is 0 Å². The summed E-state index contributed by atoms with van der Waals surface area (Å²) >= 11 is 0. The predicted octanol–water partition coefficient (Wildman–Crippen LogP) is 3.60. The molecule has 11 heteroatoms. The van der Waals surface area contributed by atoms with E-state index in [0.717, 1.165) is 41.1 Å². The number of aliphatic carboxylic acids is 1. The van der Waals surface area contributed by atoms with Crippen molar-refractivity contribution in [2.75, 3.05) is 6.54 Å². The van der Waals surface area contributed by atoms with Crippen molar-refractivity contribution in [3.63, 3.8) is 0 Å². The number of benzene rings is 1. The van der Waals surface area contributed by atoms with Gasteiger partial charge in [-0.15, -0.1) is 0 Å². The molecule has 5 fully saturated rings. The van der Waals surface area contributed by atoms with E-state index < -0.39 is 18.2 Å². The van der Waals surface area contributed by atoms with Gasteiger partial charge in [-0.3, -0.25) is 9.59 Å². The number of fused-ring (bicyclic) bond motifs is 1. The third kappa shape index (κ3) is 5.78. The zero-order chi connectivity index (χ0) is 27.9. The van der Waals surface area contributed by atoms with E-state index in [9.17, 15) is 22.8 Å². The number of para-hydroxylation sites is 1. The third-order valence-corrected chi connectivity index (χ3v) is 9.05. The molecular formula is C28H35F3N4O4. The molecule has 1 unspecified atom stereocenters. The molecule has 2 aromatic rings. The minimum Gasteiger partial charge on any atom is -0.475 e. The molecule has 8 nitrogen and oxygen atoms in total. The minimum absolute atomic E-state index is 0.0487. The zero-order valence-corrected chi connectivity index (χ0v) is 21.6. The zero-order valence-electron chi connectivity index (χ0n) is 21.6. The van der Waals surface area contributed by atoms with Gasteiger partial charge >= 0.3 is 12.1 Å². The van der Waals surface area contributed by atoms with Crippen LogP contribution < -0.4 is 11.1 Å². The Bertz CT molecular complexity index is 1200. The van der Waals surface area contributed by atoms with Crippen LogP contribution in [0.4, 0.5) is 13.2 Å². The number of amides is 2. The van der Waals surface area contributed by atoms with Crippen molar-refractivity contribution in [3.05, 3.63) is 36.0 Å². The molecule has 4 saturated carbocycles. The molecule has 1 aromatic heterocycles. The Labute approximate surface area is 224 Å². The van der Waals surface area contributed by atoms with Crippen molar-refractivity contribution in [1.82, 2.24) is 15.2 Å². The second kappa shape index (κ2) is 10.8. The number of carbonyl (C=O) groups is 3. The average Bonchev–Trinajstić information content (AvgIpc) is 3.53. The third-order valence-electron chi connectivity index (χ3n) is 9.05. The van der Waals surface area contributed by atoms with Crippen LogP contribution in [0.25, 0.3) is 10.9 Å². The fourth-order valence-electron chi connectivity index (χ4n) is 7.56. The molecule has 5 aliphatic rings. The summed E-state index contributed by atoms with van der Waals surface area (Å²) in [5.41, 5.74) is 8.49. The number of hydrogen-bond donors (Lipinski definition) is 4. The van der Waals surface area contributed by atoms with Crippen LogP contribution in [0.2, 0.25) is 0 Å². The van der Waals surface area contributed by atoms with Gasteiger partial charge in [-0.25, -0.2) is 4.79 Å². The first-order valence-corrected chi connectivity index (χ1v) is 13.7. The standard InChI is InChI=1S/C26H34N4O2.C2HF3O2/c27-21(13-19-14-28-22-5-2-1-4-20(19)22)26(32)30-7-3-6-23(30)25(31)29-24-17-9-15-8-16(11-17)12-18(24)10-15;3-2(4,5)1(6)7/h1-2,4-5,14-18,21,23-24,28H,3,6-13,27H2,(H,29,31);(H,6,7)/t15?,16?,17?,18?,21?,23-,24?;/m1./s1. The van der Waals surface area contributed by atoms with Crippen LogP contribution in [-0.4, -0.2) is 63.6 Å². The number of carboxylic acid groups (broad SMARTS) is 1. The highest BCUT2D eigenvalue weighted by Crippen LogP contribution is 2.53. The van der Waals surface area contributed by atoms with Crippen LogP contribution in [0.5, 0.6) is 0 Å². The van der Waals surface area contributed by atoms with Gasteiger partial charge in [0.05, 0.1) is 6.04 Å². The van der Waals surface area contributed by atoms with E-state index in [1.807, 2.05) is 24.4 Å². The summed E-state index contributed by atoms with van der Waals surface area (Å²) in [5.74, 6) is 0.253. The molecule has 0 spiro atoms. The van der Waals surface area contributed by atoms with E-state index in [1.54, 1.807) is 4.90 Å². The molecule has 1 saturated heterocycles. The topological polar surface area (TPSA) is 129 Å². The van der Waals surface area contributed by atoms with Gasteiger partial charge in [0.15, 0.2) is 0 Å². The molecule has 4 bridgehead atoms. The number of H-pyrrole nitrogens is 1. The monoisotopic (exact) mass is 548 g/mol. The largest absolute Gasteiger partial charge is 0.490 e. The lowest BCUT2D eigenvalue weighted by Gasteiger charge is -2.54. The van der Waals surface area contributed by atoms with Gasteiger partial charge in [-0.1, -0.05) is 18.2 Å². The number of carboxylic acids is 1.